The molecule has 16 heteroatoms. The van der Waals surface area contributed by atoms with Gasteiger partial charge in [0.1, 0.15) is 4.90 Å². The van der Waals surface area contributed by atoms with E-state index in [1.807, 2.05) is 23.8 Å². The zero-order chi connectivity index (χ0) is 27.7. The molecule has 0 spiro atoms. The smallest absolute Gasteiger partial charge is 0.366 e. The van der Waals surface area contributed by atoms with Crippen molar-refractivity contribution >= 4 is 38.5 Å². The molecule has 0 unspecified atom stereocenters. The molecule has 210 valence electrons. The number of hydrogen-bond donors (Lipinski definition) is 1. The number of pyridine rings is 1. The van der Waals surface area contributed by atoms with Crippen molar-refractivity contribution in [2.45, 2.75) is 36.4 Å². The van der Waals surface area contributed by atoms with Crippen molar-refractivity contribution in [3.8, 4) is 10.8 Å². The third kappa shape index (κ3) is 4.98. The lowest BCUT2D eigenvalue weighted by Gasteiger charge is -2.42. The molecule has 0 aromatic carbocycles. The second kappa shape index (κ2) is 9.11. The Kier molecular flexibility index (Phi) is 6.17. The number of likely N-dealkylation sites (tertiary alicyclic amines) is 1. The normalized spacial score (nSPS) is 20.4. The summed E-state index contributed by atoms with van der Waals surface area (Å²) in [6.07, 6.45) is -0.368. The number of nitrogens with zero attached hydrogens (tertiary/aromatic N) is 7. The van der Waals surface area contributed by atoms with Gasteiger partial charge in [0.15, 0.2) is 10.8 Å². The van der Waals surface area contributed by atoms with Crippen LogP contribution in [0.5, 0.6) is 0 Å². The molecule has 2 saturated heterocycles. The first-order valence-corrected chi connectivity index (χ1v) is 14.8. The van der Waals surface area contributed by atoms with Gasteiger partial charge in [0, 0.05) is 51.0 Å². The molecule has 1 amide bonds. The van der Waals surface area contributed by atoms with Gasteiger partial charge >= 0.3 is 6.18 Å². The maximum absolute atomic E-state index is 13.4. The number of carbonyl (C=O) groups excluding carboxylic acids is 1. The number of halogens is 3. The summed E-state index contributed by atoms with van der Waals surface area (Å²) >= 11 is 0.344. The number of carbonyl (C=O) groups is 1. The minimum atomic E-state index is -4.65. The molecule has 6 rings (SSSR count). The van der Waals surface area contributed by atoms with Gasteiger partial charge in [0.25, 0.3) is 0 Å². The van der Waals surface area contributed by atoms with E-state index in [0.717, 1.165) is 25.9 Å². The molecule has 3 fully saturated rings. The Morgan fingerprint density at radius 1 is 1.15 bits per heavy atom. The quantitative estimate of drug-likeness (QED) is 0.467. The number of aromatic nitrogens is 4. The Labute approximate surface area is 226 Å². The van der Waals surface area contributed by atoms with Crippen molar-refractivity contribution in [3.05, 3.63) is 23.5 Å². The average Bonchev–Trinajstić information content (AvgIpc) is 3.24. The highest BCUT2D eigenvalue weighted by Gasteiger charge is 2.42. The van der Waals surface area contributed by atoms with Gasteiger partial charge in [0.05, 0.1) is 23.3 Å². The van der Waals surface area contributed by atoms with Gasteiger partial charge in [-0.1, -0.05) is 11.3 Å². The summed E-state index contributed by atoms with van der Waals surface area (Å²) in [5, 5.41) is 5.75. The molecule has 3 aromatic heterocycles. The number of anilines is 1. The Morgan fingerprint density at radius 3 is 2.44 bits per heavy atom. The largest absolute Gasteiger partial charge is 0.445 e. The van der Waals surface area contributed by atoms with Crippen molar-refractivity contribution in [2.24, 2.45) is 5.92 Å². The maximum Gasteiger partial charge on any atom is 0.445 e. The standard InChI is InChI=1S/C23H27F3N8O3S2/c1-22(3-4-22)30-39(36,37)15-9-16(32-5-7-33(8-6-32)20(35)14-11-31(2)12-14)17-10-27-18(34(17)13-15)19-28-29-21(38-19)23(24,25)26/h9-10,13-14,30H,3-8,11-12H2,1-2H3. The Balaban J connectivity index is 1.36. The zero-order valence-electron chi connectivity index (χ0n) is 21.3. The van der Waals surface area contributed by atoms with Crippen LogP contribution in [0.15, 0.2) is 23.4 Å². The van der Waals surface area contributed by atoms with E-state index >= 15 is 0 Å². The van der Waals surface area contributed by atoms with Crippen LogP contribution in [0.2, 0.25) is 0 Å². The lowest BCUT2D eigenvalue weighted by molar-refractivity contribution is -0.140. The molecular weight excluding hydrogens is 557 g/mol. The minimum Gasteiger partial charge on any atom is -0.366 e. The van der Waals surface area contributed by atoms with E-state index in [9.17, 15) is 26.4 Å². The van der Waals surface area contributed by atoms with Gasteiger partial charge in [-0.3, -0.25) is 9.20 Å². The molecule has 39 heavy (non-hydrogen) atoms. The van der Waals surface area contributed by atoms with Crippen molar-refractivity contribution < 1.29 is 26.4 Å². The summed E-state index contributed by atoms with van der Waals surface area (Å²) in [6, 6.07) is 1.56. The fourth-order valence-electron chi connectivity index (χ4n) is 4.99. The number of alkyl halides is 3. The van der Waals surface area contributed by atoms with E-state index < -0.39 is 26.7 Å². The van der Waals surface area contributed by atoms with Crippen LogP contribution in [-0.4, -0.2) is 95.6 Å². The van der Waals surface area contributed by atoms with E-state index in [-0.39, 0.29) is 27.6 Å². The average molecular weight is 585 g/mol. The van der Waals surface area contributed by atoms with E-state index in [1.54, 1.807) is 6.07 Å². The topological polar surface area (TPSA) is 116 Å². The fraction of sp³-hybridized carbons (Fsp3) is 0.565. The van der Waals surface area contributed by atoms with E-state index in [4.69, 9.17) is 0 Å². The molecule has 0 bridgehead atoms. The van der Waals surface area contributed by atoms with Crippen LogP contribution in [0, 0.1) is 5.92 Å². The second-order valence-electron chi connectivity index (χ2n) is 10.7. The number of imidazole rings is 1. The van der Waals surface area contributed by atoms with Crippen LogP contribution in [0.3, 0.4) is 0 Å². The van der Waals surface area contributed by atoms with Gasteiger partial charge in [-0.25, -0.2) is 18.1 Å². The minimum absolute atomic E-state index is 0.00229. The van der Waals surface area contributed by atoms with Crippen LogP contribution in [-0.2, 0) is 21.0 Å². The summed E-state index contributed by atoms with van der Waals surface area (Å²) in [6.45, 7) is 5.20. The van der Waals surface area contributed by atoms with Crippen molar-refractivity contribution in [2.75, 3.05) is 51.2 Å². The van der Waals surface area contributed by atoms with Crippen LogP contribution in [0.4, 0.5) is 18.9 Å². The zero-order valence-corrected chi connectivity index (χ0v) is 22.9. The molecule has 3 aliphatic rings. The van der Waals surface area contributed by atoms with E-state index in [1.165, 1.54) is 16.8 Å². The highest BCUT2D eigenvalue weighted by Crippen LogP contribution is 2.38. The number of hydrogen-bond acceptors (Lipinski definition) is 9. The molecular formula is C23H27F3N8O3S2. The highest BCUT2D eigenvalue weighted by molar-refractivity contribution is 7.89. The molecule has 0 atom stereocenters. The molecule has 2 aliphatic heterocycles. The summed E-state index contributed by atoms with van der Waals surface area (Å²) in [5.74, 6) is 0.193. The number of rotatable bonds is 6. The van der Waals surface area contributed by atoms with Crippen LogP contribution in [0.25, 0.3) is 16.3 Å². The first-order valence-electron chi connectivity index (χ1n) is 12.5. The van der Waals surface area contributed by atoms with Crippen LogP contribution in [0.1, 0.15) is 24.8 Å². The number of sulfonamides is 1. The molecule has 5 heterocycles. The predicted octanol–water partition coefficient (Wildman–Crippen LogP) is 1.91. The summed E-state index contributed by atoms with van der Waals surface area (Å²) < 4.78 is 70.5. The first kappa shape index (κ1) is 26.4. The third-order valence-corrected chi connectivity index (χ3v) is 10.1. The fourth-order valence-corrected chi connectivity index (χ4v) is 7.18. The summed E-state index contributed by atoms with van der Waals surface area (Å²) in [4.78, 5) is 23.0. The van der Waals surface area contributed by atoms with Crippen molar-refractivity contribution in [3.63, 3.8) is 0 Å². The molecule has 1 saturated carbocycles. The monoisotopic (exact) mass is 584 g/mol. The van der Waals surface area contributed by atoms with Gasteiger partial charge in [-0.15, -0.1) is 10.2 Å². The molecule has 11 nitrogen and oxygen atoms in total. The first-order chi connectivity index (χ1) is 18.3. The SMILES string of the molecule is CN1CC(C(=O)N2CCN(c3cc(S(=O)(=O)NC4(C)CC4)cn4c(-c5nnc(C(F)(F)F)s5)ncc34)CC2)C1. The highest BCUT2D eigenvalue weighted by atomic mass is 32.2. The summed E-state index contributed by atoms with van der Waals surface area (Å²) in [5.41, 5.74) is 0.563. The molecule has 1 aliphatic carbocycles. The van der Waals surface area contributed by atoms with Crippen molar-refractivity contribution in [1.29, 1.82) is 0 Å². The predicted molar refractivity (Wildman–Crippen MR) is 137 cm³/mol. The number of nitrogens with one attached hydrogen (secondary N) is 1. The van der Waals surface area contributed by atoms with Gasteiger partial charge in [-0.05, 0) is 32.9 Å². The number of piperazine rings is 1. The molecule has 3 aromatic rings. The van der Waals surface area contributed by atoms with Crippen LogP contribution >= 0.6 is 11.3 Å². The van der Waals surface area contributed by atoms with Gasteiger partial charge < -0.3 is 14.7 Å². The van der Waals surface area contributed by atoms with E-state index in [2.05, 4.69) is 24.8 Å². The maximum atomic E-state index is 13.4. The Bertz CT molecular complexity index is 1540. The van der Waals surface area contributed by atoms with E-state index in [0.29, 0.717) is 48.7 Å². The number of amides is 1. The second-order valence-corrected chi connectivity index (χ2v) is 13.4. The third-order valence-electron chi connectivity index (χ3n) is 7.49. The van der Waals surface area contributed by atoms with Crippen molar-refractivity contribution in [1.82, 2.24) is 34.1 Å². The van der Waals surface area contributed by atoms with Crippen LogP contribution < -0.4 is 9.62 Å². The lowest BCUT2D eigenvalue weighted by atomic mass is 9.99. The molecule has 0 radical (unpaired) electrons. The van der Waals surface area contributed by atoms with Gasteiger partial charge in [-0.2, -0.15) is 13.2 Å². The Hall–Kier alpha value is -2.82. The Morgan fingerprint density at radius 2 is 1.85 bits per heavy atom. The molecule has 1 N–H and O–H groups in total. The van der Waals surface area contributed by atoms with Gasteiger partial charge in [0.2, 0.25) is 20.9 Å². The lowest BCUT2D eigenvalue weighted by Crippen LogP contribution is -2.57. The summed E-state index contributed by atoms with van der Waals surface area (Å²) in [7, 11) is -1.98. The number of fused-ring (bicyclic) bond motifs is 1.